The van der Waals surface area contributed by atoms with Crippen molar-refractivity contribution in [2.75, 3.05) is 38.2 Å². The highest BCUT2D eigenvalue weighted by molar-refractivity contribution is 7.92. The Labute approximate surface area is 160 Å². The number of likely N-dealkylation sites (N-methyl/N-ethyl adjacent to an activating group) is 2. The van der Waals surface area contributed by atoms with E-state index in [1.54, 1.807) is 42.1 Å². The topological polar surface area (TPSA) is 96.0 Å². The fraction of sp³-hybridized carbons (Fsp3) is 0.556. The highest BCUT2D eigenvalue weighted by atomic mass is 32.2. The maximum Gasteiger partial charge on any atom is 0.229 e. The van der Waals surface area contributed by atoms with Crippen LogP contribution in [0.3, 0.4) is 0 Å². The van der Waals surface area contributed by atoms with Gasteiger partial charge >= 0.3 is 0 Å². The molecule has 0 bridgehead atoms. The number of hydrogen-bond donors (Lipinski definition) is 1. The van der Waals surface area contributed by atoms with Crippen molar-refractivity contribution in [2.24, 2.45) is 5.92 Å². The van der Waals surface area contributed by atoms with Gasteiger partial charge in [0.15, 0.2) is 0 Å². The number of ether oxygens (including phenoxy) is 1. The van der Waals surface area contributed by atoms with Crippen LogP contribution in [-0.2, 0) is 26.0 Å². The van der Waals surface area contributed by atoms with E-state index in [0.29, 0.717) is 30.1 Å². The highest BCUT2D eigenvalue weighted by Crippen LogP contribution is 2.28. The van der Waals surface area contributed by atoms with Gasteiger partial charge in [-0.2, -0.15) is 0 Å². The Morgan fingerprint density at radius 1 is 1.41 bits per heavy atom. The second-order valence-corrected chi connectivity index (χ2v) is 8.93. The summed E-state index contributed by atoms with van der Waals surface area (Å²) in [5.74, 6) is 0.374. The average Bonchev–Trinajstić information content (AvgIpc) is 2.57. The van der Waals surface area contributed by atoms with Gasteiger partial charge in [-0.05, 0) is 18.2 Å². The molecule has 2 atom stereocenters. The largest absolute Gasteiger partial charge is 0.488 e. The van der Waals surface area contributed by atoms with E-state index in [2.05, 4.69) is 4.72 Å². The molecule has 0 saturated carbocycles. The average molecular weight is 397 g/mol. The van der Waals surface area contributed by atoms with E-state index in [4.69, 9.17) is 4.74 Å². The molecule has 1 heterocycles. The number of rotatable bonds is 4. The smallest absolute Gasteiger partial charge is 0.229 e. The zero-order chi connectivity index (χ0) is 20.4. The Bertz CT molecular complexity index is 824. The van der Waals surface area contributed by atoms with Crippen LogP contribution in [-0.4, -0.2) is 69.6 Å². The fourth-order valence-corrected chi connectivity index (χ4v) is 3.51. The van der Waals surface area contributed by atoms with E-state index in [9.17, 15) is 18.0 Å². The molecule has 1 aromatic carbocycles. The van der Waals surface area contributed by atoms with Crippen LogP contribution in [0.4, 0.5) is 5.69 Å². The van der Waals surface area contributed by atoms with Gasteiger partial charge in [-0.15, -0.1) is 0 Å². The third-order valence-corrected chi connectivity index (χ3v) is 5.20. The van der Waals surface area contributed by atoms with Gasteiger partial charge in [0.05, 0.1) is 19.2 Å². The van der Waals surface area contributed by atoms with Crippen LogP contribution in [0.25, 0.3) is 0 Å². The number of sulfonamides is 1. The number of carbonyl (C=O) groups is 2. The van der Waals surface area contributed by atoms with Crippen molar-refractivity contribution in [1.82, 2.24) is 9.80 Å². The summed E-state index contributed by atoms with van der Waals surface area (Å²) in [4.78, 5) is 27.4. The van der Waals surface area contributed by atoms with Gasteiger partial charge in [-0.25, -0.2) is 8.42 Å². The number of anilines is 1. The van der Waals surface area contributed by atoms with Gasteiger partial charge < -0.3 is 14.5 Å². The lowest BCUT2D eigenvalue weighted by Crippen LogP contribution is -2.43. The predicted molar refractivity (Wildman–Crippen MR) is 103 cm³/mol. The summed E-state index contributed by atoms with van der Waals surface area (Å²) < 4.78 is 31.6. The summed E-state index contributed by atoms with van der Waals surface area (Å²) in [6.07, 6.45) is 0.867. The number of amides is 2. The van der Waals surface area contributed by atoms with Crippen LogP contribution in [0.1, 0.15) is 19.4 Å². The van der Waals surface area contributed by atoms with Gasteiger partial charge in [0.25, 0.3) is 0 Å². The van der Waals surface area contributed by atoms with Gasteiger partial charge in [-0.1, -0.05) is 6.92 Å². The standard InChI is InChI=1S/C18H27N3O5S/c1-12-10-21(4)18(23)9-14-8-15(19-27(5,24)25)6-7-16(14)26-17(12)11-20(3)13(2)22/h6-8,12,17,19H,9-11H2,1-5H3/t12-,17+/m0/s1. The van der Waals surface area contributed by atoms with Gasteiger partial charge in [0.1, 0.15) is 11.9 Å². The minimum atomic E-state index is -3.43. The van der Waals surface area contributed by atoms with Crippen molar-refractivity contribution >= 4 is 27.5 Å². The molecule has 2 amide bonds. The van der Waals surface area contributed by atoms with Crippen LogP contribution in [0, 0.1) is 5.92 Å². The number of benzene rings is 1. The fourth-order valence-electron chi connectivity index (χ4n) is 2.95. The minimum absolute atomic E-state index is 0.000483. The molecule has 150 valence electrons. The van der Waals surface area contributed by atoms with Crippen LogP contribution >= 0.6 is 0 Å². The molecule has 1 aromatic rings. The maximum absolute atomic E-state index is 12.5. The molecule has 0 aliphatic carbocycles. The number of carbonyl (C=O) groups excluding carboxylic acids is 2. The van der Waals surface area contributed by atoms with Crippen molar-refractivity contribution < 1.29 is 22.7 Å². The first-order valence-electron chi connectivity index (χ1n) is 8.69. The molecule has 0 unspecified atom stereocenters. The number of nitrogens with zero attached hydrogens (tertiary/aromatic N) is 2. The highest BCUT2D eigenvalue weighted by Gasteiger charge is 2.28. The van der Waals surface area contributed by atoms with Crippen molar-refractivity contribution in [3.63, 3.8) is 0 Å². The van der Waals surface area contributed by atoms with E-state index in [1.807, 2.05) is 6.92 Å². The summed E-state index contributed by atoms with van der Waals surface area (Å²) in [5, 5.41) is 0. The summed E-state index contributed by atoms with van der Waals surface area (Å²) in [6, 6.07) is 4.88. The quantitative estimate of drug-likeness (QED) is 0.816. The van der Waals surface area contributed by atoms with Crippen LogP contribution < -0.4 is 9.46 Å². The first-order chi connectivity index (χ1) is 12.5. The molecular formula is C18H27N3O5S. The monoisotopic (exact) mass is 397 g/mol. The number of hydrogen-bond acceptors (Lipinski definition) is 5. The lowest BCUT2D eigenvalue weighted by atomic mass is 10.0. The number of nitrogens with one attached hydrogen (secondary N) is 1. The van der Waals surface area contributed by atoms with E-state index in [0.717, 1.165) is 6.26 Å². The molecular weight excluding hydrogens is 370 g/mol. The molecule has 0 spiro atoms. The molecule has 0 radical (unpaired) electrons. The second kappa shape index (κ2) is 8.16. The van der Waals surface area contributed by atoms with Gasteiger partial charge in [0, 0.05) is 44.7 Å². The van der Waals surface area contributed by atoms with Crippen LogP contribution in [0.15, 0.2) is 18.2 Å². The summed E-state index contributed by atoms with van der Waals surface area (Å²) in [7, 11) is 0.0118. The Hall–Kier alpha value is -2.29. The SMILES string of the molecule is CC(=O)N(C)C[C@H]1Oc2ccc(NS(C)(=O)=O)cc2CC(=O)N(C)C[C@@H]1C. The Morgan fingerprint density at radius 2 is 2.07 bits per heavy atom. The molecule has 0 saturated heterocycles. The summed E-state index contributed by atoms with van der Waals surface area (Å²) in [5.41, 5.74) is 0.977. The van der Waals surface area contributed by atoms with Gasteiger partial charge in [0.2, 0.25) is 21.8 Å². The summed E-state index contributed by atoms with van der Waals surface area (Å²) >= 11 is 0. The molecule has 1 aliphatic heterocycles. The zero-order valence-corrected chi connectivity index (χ0v) is 17.2. The van der Waals surface area contributed by atoms with Crippen LogP contribution in [0.2, 0.25) is 0 Å². The molecule has 9 heteroatoms. The first kappa shape index (κ1) is 21.0. The van der Waals surface area contributed by atoms with Crippen molar-refractivity contribution in [2.45, 2.75) is 26.4 Å². The van der Waals surface area contributed by atoms with E-state index >= 15 is 0 Å². The van der Waals surface area contributed by atoms with E-state index < -0.39 is 10.0 Å². The van der Waals surface area contributed by atoms with Gasteiger partial charge in [-0.3, -0.25) is 14.3 Å². The van der Waals surface area contributed by atoms with Crippen molar-refractivity contribution in [3.8, 4) is 5.75 Å². The third kappa shape index (κ3) is 5.85. The third-order valence-electron chi connectivity index (χ3n) is 4.60. The Kier molecular flexibility index (Phi) is 6.35. The van der Waals surface area contributed by atoms with E-state index in [-0.39, 0.29) is 30.3 Å². The lowest BCUT2D eigenvalue weighted by molar-refractivity contribution is -0.131. The Balaban J connectivity index is 2.40. The first-order valence-corrected chi connectivity index (χ1v) is 10.6. The minimum Gasteiger partial charge on any atom is -0.488 e. The molecule has 0 fully saturated rings. The van der Waals surface area contributed by atoms with Crippen LogP contribution in [0.5, 0.6) is 5.75 Å². The normalized spacial score (nSPS) is 20.6. The molecule has 0 aromatic heterocycles. The molecule has 1 aliphatic rings. The molecule has 2 rings (SSSR count). The second-order valence-electron chi connectivity index (χ2n) is 7.18. The predicted octanol–water partition coefficient (Wildman–Crippen LogP) is 0.934. The maximum atomic E-state index is 12.5. The summed E-state index contributed by atoms with van der Waals surface area (Å²) in [6.45, 7) is 4.36. The molecule has 8 nitrogen and oxygen atoms in total. The number of fused-ring (bicyclic) bond motifs is 1. The molecule has 1 N–H and O–H groups in total. The van der Waals surface area contributed by atoms with Crippen molar-refractivity contribution in [3.05, 3.63) is 23.8 Å². The lowest BCUT2D eigenvalue weighted by Gasteiger charge is -2.30. The Morgan fingerprint density at radius 3 is 2.67 bits per heavy atom. The van der Waals surface area contributed by atoms with Crippen molar-refractivity contribution in [1.29, 1.82) is 0 Å². The molecule has 27 heavy (non-hydrogen) atoms. The van der Waals surface area contributed by atoms with E-state index in [1.165, 1.54) is 6.92 Å². The zero-order valence-electron chi connectivity index (χ0n) is 16.4.